The SMILES string of the molecule is COc1cccc(C)c1CC1(O)CCNC1. The van der Waals surface area contributed by atoms with Gasteiger partial charge in [0, 0.05) is 13.0 Å². The maximum absolute atomic E-state index is 10.4. The van der Waals surface area contributed by atoms with Gasteiger partial charge in [-0.25, -0.2) is 0 Å². The number of aryl methyl sites for hydroxylation is 1. The first-order valence-electron chi connectivity index (χ1n) is 5.70. The van der Waals surface area contributed by atoms with E-state index in [1.807, 2.05) is 12.1 Å². The van der Waals surface area contributed by atoms with E-state index >= 15 is 0 Å². The van der Waals surface area contributed by atoms with Crippen molar-refractivity contribution in [2.75, 3.05) is 20.2 Å². The third-order valence-electron chi connectivity index (χ3n) is 3.31. The van der Waals surface area contributed by atoms with Gasteiger partial charge >= 0.3 is 0 Å². The number of rotatable bonds is 3. The van der Waals surface area contributed by atoms with E-state index in [9.17, 15) is 5.11 Å². The minimum absolute atomic E-state index is 0.612. The van der Waals surface area contributed by atoms with Gasteiger partial charge in [0.1, 0.15) is 5.75 Å². The predicted molar refractivity (Wildman–Crippen MR) is 63.9 cm³/mol. The number of nitrogens with one attached hydrogen (secondary N) is 1. The van der Waals surface area contributed by atoms with Crippen LogP contribution >= 0.6 is 0 Å². The fraction of sp³-hybridized carbons (Fsp3) is 0.538. The molecule has 0 aromatic heterocycles. The molecule has 0 radical (unpaired) electrons. The van der Waals surface area contributed by atoms with Crippen molar-refractivity contribution in [1.29, 1.82) is 0 Å². The molecule has 1 aromatic carbocycles. The lowest BCUT2D eigenvalue weighted by molar-refractivity contribution is 0.0611. The number of benzene rings is 1. The molecule has 0 amide bonds. The van der Waals surface area contributed by atoms with Gasteiger partial charge in [0.2, 0.25) is 0 Å². The summed E-state index contributed by atoms with van der Waals surface area (Å²) >= 11 is 0. The van der Waals surface area contributed by atoms with Crippen LogP contribution in [0.4, 0.5) is 0 Å². The Labute approximate surface area is 96.4 Å². The highest BCUT2D eigenvalue weighted by Gasteiger charge is 2.32. The zero-order chi connectivity index (χ0) is 11.6. The topological polar surface area (TPSA) is 41.5 Å². The van der Waals surface area contributed by atoms with E-state index < -0.39 is 5.60 Å². The molecular weight excluding hydrogens is 202 g/mol. The van der Waals surface area contributed by atoms with Crippen LogP contribution in [0.1, 0.15) is 17.5 Å². The van der Waals surface area contributed by atoms with Gasteiger partial charge in [-0.3, -0.25) is 0 Å². The Morgan fingerprint density at radius 1 is 1.50 bits per heavy atom. The molecule has 0 saturated carbocycles. The summed E-state index contributed by atoms with van der Waals surface area (Å²) in [5.74, 6) is 0.875. The number of hydrogen-bond donors (Lipinski definition) is 2. The van der Waals surface area contributed by atoms with E-state index in [-0.39, 0.29) is 0 Å². The predicted octanol–water partition coefficient (Wildman–Crippen LogP) is 1.27. The molecule has 1 fully saturated rings. The van der Waals surface area contributed by atoms with Crippen molar-refractivity contribution < 1.29 is 9.84 Å². The molecular formula is C13H19NO2. The van der Waals surface area contributed by atoms with E-state index in [1.165, 1.54) is 5.56 Å². The molecule has 3 nitrogen and oxygen atoms in total. The largest absolute Gasteiger partial charge is 0.496 e. The minimum atomic E-state index is -0.612. The van der Waals surface area contributed by atoms with Crippen LogP contribution in [0.5, 0.6) is 5.75 Å². The normalized spacial score (nSPS) is 24.7. The van der Waals surface area contributed by atoms with Crippen molar-refractivity contribution in [3.63, 3.8) is 0 Å². The summed E-state index contributed by atoms with van der Waals surface area (Å²) in [6.07, 6.45) is 1.47. The summed E-state index contributed by atoms with van der Waals surface area (Å²) in [7, 11) is 1.68. The number of β-amino-alcohol motifs (C(OH)–C–C–N with tert-alkyl or cyclic N) is 1. The molecule has 88 valence electrons. The van der Waals surface area contributed by atoms with Gasteiger partial charge in [0.15, 0.2) is 0 Å². The highest BCUT2D eigenvalue weighted by Crippen LogP contribution is 2.28. The first-order valence-corrected chi connectivity index (χ1v) is 5.70. The summed E-state index contributed by atoms with van der Waals surface area (Å²) in [6.45, 7) is 3.62. The number of methoxy groups -OCH3 is 1. The van der Waals surface area contributed by atoms with Crippen LogP contribution in [0.3, 0.4) is 0 Å². The molecule has 0 spiro atoms. The average molecular weight is 221 g/mol. The Morgan fingerprint density at radius 2 is 2.31 bits per heavy atom. The molecule has 1 atom stereocenters. The molecule has 1 unspecified atom stereocenters. The van der Waals surface area contributed by atoms with Crippen molar-refractivity contribution in [3.05, 3.63) is 29.3 Å². The highest BCUT2D eigenvalue weighted by molar-refractivity contribution is 5.40. The maximum Gasteiger partial charge on any atom is 0.122 e. The van der Waals surface area contributed by atoms with Crippen LogP contribution in [-0.4, -0.2) is 30.9 Å². The molecule has 0 aliphatic carbocycles. The Kier molecular flexibility index (Phi) is 3.17. The van der Waals surface area contributed by atoms with E-state index in [4.69, 9.17) is 4.74 Å². The molecule has 16 heavy (non-hydrogen) atoms. The summed E-state index contributed by atoms with van der Waals surface area (Å²) in [5, 5.41) is 13.6. The van der Waals surface area contributed by atoms with Crippen molar-refractivity contribution in [1.82, 2.24) is 5.32 Å². The average Bonchev–Trinajstić information content (AvgIpc) is 2.68. The van der Waals surface area contributed by atoms with Gasteiger partial charge in [-0.1, -0.05) is 12.1 Å². The fourth-order valence-electron chi connectivity index (χ4n) is 2.30. The Balaban J connectivity index is 2.26. The monoisotopic (exact) mass is 221 g/mol. The molecule has 1 aliphatic rings. The van der Waals surface area contributed by atoms with Crippen LogP contribution in [0, 0.1) is 6.92 Å². The standard InChI is InChI=1S/C13H19NO2/c1-10-4-3-5-12(16-2)11(10)8-13(15)6-7-14-9-13/h3-5,14-15H,6-9H2,1-2H3. The molecule has 0 bridgehead atoms. The van der Waals surface area contributed by atoms with Crippen molar-refractivity contribution in [2.45, 2.75) is 25.4 Å². The highest BCUT2D eigenvalue weighted by atomic mass is 16.5. The lowest BCUT2D eigenvalue weighted by Crippen LogP contribution is -2.34. The van der Waals surface area contributed by atoms with E-state index in [0.717, 1.165) is 24.3 Å². The summed E-state index contributed by atoms with van der Waals surface area (Å²) in [6, 6.07) is 5.99. The van der Waals surface area contributed by atoms with Gasteiger partial charge in [0.25, 0.3) is 0 Å². The van der Waals surface area contributed by atoms with Gasteiger partial charge in [-0.15, -0.1) is 0 Å². The lowest BCUT2D eigenvalue weighted by Gasteiger charge is -2.23. The van der Waals surface area contributed by atoms with Crippen LogP contribution in [0.15, 0.2) is 18.2 Å². The first-order chi connectivity index (χ1) is 7.64. The molecule has 1 heterocycles. The lowest BCUT2D eigenvalue weighted by atomic mass is 9.91. The molecule has 1 saturated heterocycles. The van der Waals surface area contributed by atoms with Crippen molar-refractivity contribution in [3.8, 4) is 5.75 Å². The number of hydrogen-bond acceptors (Lipinski definition) is 3. The van der Waals surface area contributed by atoms with Gasteiger partial charge in [-0.2, -0.15) is 0 Å². The Morgan fingerprint density at radius 3 is 2.94 bits per heavy atom. The summed E-state index contributed by atoms with van der Waals surface area (Å²) in [4.78, 5) is 0. The minimum Gasteiger partial charge on any atom is -0.496 e. The Bertz CT molecular complexity index is 370. The number of ether oxygens (including phenoxy) is 1. The number of aliphatic hydroxyl groups is 1. The summed E-state index contributed by atoms with van der Waals surface area (Å²) in [5.41, 5.74) is 1.69. The third-order valence-corrected chi connectivity index (χ3v) is 3.31. The second-order valence-electron chi connectivity index (χ2n) is 4.58. The molecule has 1 aliphatic heterocycles. The molecule has 2 N–H and O–H groups in total. The van der Waals surface area contributed by atoms with E-state index in [0.29, 0.717) is 13.0 Å². The molecule has 2 rings (SSSR count). The van der Waals surface area contributed by atoms with Crippen molar-refractivity contribution >= 4 is 0 Å². The first kappa shape index (κ1) is 11.4. The van der Waals surface area contributed by atoms with Crippen LogP contribution in [0.2, 0.25) is 0 Å². The molecule has 1 aromatic rings. The second kappa shape index (κ2) is 4.44. The smallest absolute Gasteiger partial charge is 0.122 e. The third kappa shape index (κ3) is 2.20. The van der Waals surface area contributed by atoms with Gasteiger partial charge < -0.3 is 15.2 Å². The van der Waals surface area contributed by atoms with Crippen LogP contribution in [0.25, 0.3) is 0 Å². The van der Waals surface area contributed by atoms with E-state index in [1.54, 1.807) is 7.11 Å². The summed E-state index contributed by atoms with van der Waals surface area (Å²) < 4.78 is 5.35. The quantitative estimate of drug-likeness (QED) is 0.807. The zero-order valence-corrected chi connectivity index (χ0v) is 9.92. The van der Waals surface area contributed by atoms with Crippen LogP contribution < -0.4 is 10.1 Å². The van der Waals surface area contributed by atoms with Gasteiger partial charge in [0.05, 0.1) is 12.7 Å². The van der Waals surface area contributed by atoms with Crippen molar-refractivity contribution in [2.24, 2.45) is 0 Å². The zero-order valence-electron chi connectivity index (χ0n) is 9.92. The molecule has 3 heteroatoms. The fourth-order valence-corrected chi connectivity index (χ4v) is 2.30. The van der Waals surface area contributed by atoms with E-state index in [2.05, 4.69) is 18.3 Å². The second-order valence-corrected chi connectivity index (χ2v) is 4.58. The maximum atomic E-state index is 10.4. The van der Waals surface area contributed by atoms with Crippen LogP contribution in [-0.2, 0) is 6.42 Å². The Hall–Kier alpha value is -1.06. The van der Waals surface area contributed by atoms with Gasteiger partial charge in [-0.05, 0) is 37.1 Å².